The lowest BCUT2D eigenvalue weighted by Gasteiger charge is -2.38. The molecule has 1 aliphatic heterocycles. The van der Waals surface area contributed by atoms with Crippen LogP contribution in [0.3, 0.4) is 0 Å². The second kappa shape index (κ2) is 7.95. The van der Waals surface area contributed by atoms with Crippen LogP contribution in [0.15, 0.2) is 71.1 Å². The van der Waals surface area contributed by atoms with E-state index in [2.05, 4.69) is 57.6 Å². The lowest BCUT2D eigenvalue weighted by atomic mass is 10.1. The van der Waals surface area contributed by atoms with Gasteiger partial charge in [-0.15, -0.1) is 10.2 Å². The minimum absolute atomic E-state index is 0.222. The van der Waals surface area contributed by atoms with Crippen molar-refractivity contribution in [1.29, 1.82) is 0 Å². The summed E-state index contributed by atoms with van der Waals surface area (Å²) in [5.41, 5.74) is 1.98. The fourth-order valence-electron chi connectivity index (χ4n) is 3.64. The fourth-order valence-corrected chi connectivity index (χ4v) is 3.85. The highest BCUT2D eigenvalue weighted by atomic mass is 35.5. The van der Waals surface area contributed by atoms with Crippen LogP contribution in [0.5, 0.6) is 0 Å². The van der Waals surface area contributed by atoms with E-state index in [-0.39, 0.29) is 6.10 Å². The van der Waals surface area contributed by atoms with Gasteiger partial charge in [0.05, 0.1) is 29.8 Å². The van der Waals surface area contributed by atoms with Gasteiger partial charge in [0.1, 0.15) is 0 Å². The van der Waals surface area contributed by atoms with E-state index in [4.69, 9.17) is 20.8 Å². The largest absolute Gasteiger partial charge is 0.419 e. The molecule has 0 amide bonds. The first-order chi connectivity index (χ1) is 14.3. The molecule has 0 unspecified atom stereocenters. The van der Waals surface area contributed by atoms with Gasteiger partial charge in [0.2, 0.25) is 11.8 Å². The predicted octanol–water partition coefficient (Wildman–Crippen LogP) is 4.94. The van der Waals surface area contributed by atoms with Gasteiger partial charge in [-0.1, -0.05) is 66.2 Å². The Morgan fingerprint density at radius 3 is 2.66 bits per heavy atom. The van der Waals surface area contributed by atoms with Crippen molar-refractivity contribution < 1.29 is 9.15 Å². The lowest BCUT2D eigenvalue weighted by Crippen LogP contribution is -2.51. The number of likely N-dealkylation sites (tertiary alicyclic amines) is 1. The Morgan fingerprint density at radius 2 is 1.76 bits per heavy atom. The van der Waals surface area contributed by atoms with Gasteiger partial charge in [-0.05, 0) is 28.5 Å². The molecule has 1 aliphatic rings. The molecule has 0 bridgehead atoms. The van der Waals surface area contributed by atoms with E-state index in [9.17, 15) is 0 Å². The molecule has 4 aromatic rings. The first kappa shape index (κ1) is 18.3. The van der Waals surface area contributed by atoms with Crippen molar-refractivity contribution in [3.05, 3.63) is 83.2 Å². The molecule has 2 heterocycles. The van der Waals surface area contributed by atoms with Crippen molar-refractivity contribution in [2.45, 2.75) is 19.3 Å². The summed E-state index contributed by atoms with van der Waals surface area (Å²) in [4.78, 5) is 2.23. The maximum atomic E-state index is 6.20. The van der Waals surface area contributed by atoms with E-state index < -0.39 is 0 Å². The minimum atomic E-state index is 0.222. The highest BCUT2D eigenvalue weighted by molar-refractivity contribution is 6.33. The summed E-state index contributed by atoms with van der Waals surface area (Å²) in [7, 11) is 0. The van der Waals surface area contributed by atoms with E-state index in [0.29, 0.717) is 30.0 Å². The average molecular weight is 406 g/mol. The maximum absolute atomic E-state index is 6.20. The van der Waals surface area contributed by atoms with E-state index in [1.807, 2.05) is 24.3 Å². The molecule has 6 heteroatoms. The summed E-state index contributed by atoms with van der Waals surface area (Å²) in [5.74, 6) is 1.04. The molecule has 0 atom stereocenters. The second-order valence-corrected chi connectivity index (χ2v) is 7.65. The van der Waals surface area contributed by atoms with Crippen LogP contribution in [0.2, 0.25) is 5.02 Å². The van der Waals surface area contributed by atoms with Gasteiger partial charge in [-0.3, -0.25) is 4.90 Å². The number of hydrogen-bond donors (Lipinski definition) is 0. The van der Waals surface area contributed by atoms with Crippen LogP contribution in [0, 0.1) is 0 Å². The number of aromatic nitrogens is 2. The zero-order chi connectivity index (χ0) is 19.6. The SMILES string of the molecule is Clc1ccccc1-c1nnc(CN2CC(OCc3cccc4ccccc34)C2)o1. The summed E-state index contributed by atoms with van der Waals surface area (Å²) in [6.07, 6.45) is 0.222. The van der Waals surface area contributed by atoms with Gasteiger partial charge < -0.3 is 9.15 Å². The molecule has 3 aromatic carbocycles. The number of rotatable bonds is 6. The first-order valence-corrected chi connectivity index (χ1v) is 10.0. The third-order valence-electron chi connectivity index (χ3n) is 5.21. The summed E-state index contributed by atoms with van der Waals surface area (Å²) < 4.78 is 11.9. The monoisotopic (exact) mass is 405 g/mol. The zero-order valence-electron chi connectivity index (χ0n) is 15.8. The summed E-state index contributed by atoms with van der Waals surface area (Å²) in [6.45, 7) is 2.95. The Balaban J connectivity index is 1.15. The molecule has 0 N–H and O–H groups in total. The molecule has 29 heavy (non-hydrogen) atoms. The number of nitrogens with zero attached hydrogens (tertiary/aromatic N) is 3. The predicted molar refractivity (Wildman–Crippen MR) is 113 cm³/mol. The summed E-state index contributed by atoms with van der Waals surface area (Å²) in [6, 6.07) is 22.2. The smallest absolute Gasteiger partial charge is 0.249 e. The number of hydrogen-bond acceptors (Lipinski definition) is 5. The Hall–Kier alpha value is -2.73. The van der Waals surface area contributed by atoms with Gasteiger partial charge >= 0.3 is 0 Å². The third kappa shape index (κ3) is 3.90. The van der Waals surface area contributed by atoms with Crippen molar-refractivity contribution in [3.63, 3.8) is 0 Å². The molecule has 146 valence electrons. The van der Waals surface area contributed by atoms with Crippen LogP contribution < -0.4 is 0 Å². The lowest BCUT2D eigenvalue weighted by molar-refractivity contribution is -0.0679. The second-order valence-electron chi connectivity index (χ2n) is 7.25. The molecular weight excluding hydrogens is 386 g/mol. The van der Waals surface area contributed by atoms with E-state index in [1.165, 1.54) is 16.3 Å². The van der Waals surface area contributed by atoms with Crippen molar-refractivity contribution in [2.75, 3.05) is 13.1 Å². The van der Waals surface area contributed by atoms with Crippen LogP contribution in [0.4, 0.5) is 0 Å². The highest BCUT2D eigenvalue weighted by Gasteiger charge is 2.29. The molecular formula is C23H20ClN3O2. The molecule has 5 rings (SSSR count). The molecule has 1 fully saturated rings. The Bertz CT molecular complexity index is 1130. The van der Waals surface area contributed by atoms with Crippen molar-refractivity contribution >= 4 is 22.4 Å². The van der Waals surface area contributed by atoms with Crippen molar-refractivity contribution in [3.8, 4) is 11.5 Å². The van der Waals surface area contributed by atoms with E-state index in [1.54, 1.807) is 0 Å². The van der Waals surface area contributed by atoms with Crippen LogP contribution in [-0.2, 0) is 17.9 Å². The van der Waals surface area contributed by atoms with Gasteiger partial charge in [-0.25, -0.2) is 0 Å². The maximum Gasteiger partial charge on any atom is 0.249 e. The summed E-state index contributed by atoms with van der Waals surface area (Å²) >= 11 is 6.20. The first-order valence-electron chi connectivity index (χ1n) is 9.64. The third-order valence-corrected chi connectivity index (χ3v) is 5.54. The highest BCUT2D eigenvalue weighted by Crippen LogP contribution is 2.27. The fraction of sp³-hybridized carbons (Fsp3) is 0.217. The Labute approximate surface area is 173 Å². The molecule has 0 saturated carbocycles. The standard InChI is InChI=1S/C23H20ClN3O2/c24-21-11-4-3-10-20(21)23-26-25-22(29-23)14-27-12-18(13-27)28-15-17-8-5-7-16-6-1-2-9-19(16)17/h1-11,18H,12-15H2. The van der Waals surface area contributed by atoms with E-state index in [0.717, 1.165) is 18.7 Å². The average Bonchev–Trinajstić information content (AvgIpc) is 3.18. The minimum Gasteiger partial charge on any atom is -0.419 e. The number of benzene rings is 3. The number of fused-ring (bicyclic) bond motifs is 1. The molecule has 1 aromatic heterocycles. The van der Waals surface area contributed by atoms with Crippen LogP contribution >= 0.6 is 11.6 Å². The molecule has 0 radical (unpaired) electrons. The number of ether oxygens (including phenoxy) is 1. The van der Waals surface area contributed by atoms with Crippen molar-refractivity contribution in [2.24, 2.45) is 0 Å². The number of halogens is 1. The molecule has 0 spiro atoms. The van der Waals surface area contributed by atoms with Gasteiger partial charge in [0.15, 0.2) is 0 Å². The summed E-state index contributed by atoms with van der Waals surface area (Å²) in [5, 5.41) is 11.4. The zero-order valence-corrected chi connectivity index (χ0v) is 16.5. The van der Waals surface area contributed by atoms with Gasteiger partial charge in [0.25, 0.3) is 0 Å². The van der Waals surface area contributed by atoms with Gasteiger partial charge in [0, 0.05) is 13.1 Å². The van der Waals surface area contributed by atoms with Crippen LogP contribution in [-0.4, -0.2) is 34.3 Å². The van der Waals surface area contributed by atoms with Crippen LogP contribution in [0.1, 0.15) is 11.5 Å². The molecule has 0 aliphatic carbocycles. The Kier molecular flexibility index (Phi) is 5.02. The normalized spacial score (nSPS) is 14.9. The molecule has 1 saturated heterocycles. The van der Waals surface area contributed by atoms with Crippen molar-refractivity contribution in [1.82, 2.24) is 15.1 Å². The topological polar surface area (TPSA) is 51.4 Å². The van der Waals surface area contributed by atoms with E-state index >= 15 is 0 Å². The van der Waals surface area contributed by atoms with Gasteiger partial charge in [-0.2, -0.15) is 0 Å². The Morgan fingerprint density at radius 1 is 0.966 bits per heavy atom. The molecule has 5 nitrogen and oxygen atoms in total. The quantitative estimate of drug-likeness (QED) is 0.454. The van der Waals surface area contributed by atoms with Crippen LogP contribution in [0.25, 0.3) is 22.2 Å².